The normalized spacial score (nSPS) is 12.4. The highest BCUT2D eigenvalue weighted by Gasteiger charge is 2.29. The molecule has 0 radical (unpaired) electrons. The Morgan fingerprint density at radius 1 is 0.902 bits per heavy atom. The molecule has 0 saturated carbocycles. The molecule has 9 heteroatoms. The number of carbonyl (C=O) groups is 4. The van der Waals surface area contributed by atoms with E-state index < -0.39 is 29.7 Å². The van der Waals surface area contributed by atoms with Crippen LogP contribution in [0.5, 0.6) is 0 Å². The number of oxazole rings is 1. The summed E-state index contributed by atoms with van der Waals surface area (Å²) in [4.78, 5) is 55.6. The Balaban J connectivity index is 1.49. The van der Waals surface area contributed by atoms with Gasteiger partial charge < -0.3 is 20.4 Å². The van der Waals surface area contributed by atoms with Crippen LogP contribution in [0.25, 0.3) is 11.1 Å². The summed E-state index contributed by atoms with van der Waals surface area (Å²) in [5.74, 6) is -1.61. The van der Waals surface area contributed by atoms with Gasteiger partial charge >= 0.3 is 0 Å². The summed E-state index contributed by atoms with van der Waals surface area (Å²) in [6, 6.07) is 20.1. The zero-order valence-electron chi connectivity index (χ0n) is 23.4. The van der Waals surface area contributed by atoms with Gasteiger partial charge in [0, 0.05) is 18.2 Å². The fourth-order valence-electron chi connectivity index (χ4n) is 4.55. The van der Waals surface area contributed by atoms with Crippen LogP contribution < -0.4 is 16.0 Å². The molecule has 41 heavy (non-hydrogen) atoms. The van der Waals surface area contributed by atoms with Crippen LogP contribution >= 0.6 is 0 Å². The first kappa shape index (κ1) is 29.2. The lowest BCUT2D eigenvalue weighted by Crippen LogP contribution is -2.51. The van der Waals surface area contributed by atoms with E-state index in [0.29, 0.717) is 47.2 Å². The van der Waals surface area contributed by atoms with Crippen LogP contribution in [-0.2, 0) is 16.0 Å². The van der Waals surface area contributed by atoms with Crippen molar-refractivity contribution < 1.29 is 23.6 Å². The van der Waals surface area contributed by atoms with Crippen molar-refractivity contribution in [2.24, 2.45) is 0 Å². The molecule has 4 aromatic rings. The fourth-order valence-corrected chi connectivity index (χ4v) is 4.55. The molecule has 0 aliphatic rings. The van der Waals surface area contributed by atoms with Gasteiger partial charge in [0.05, 0.1) is 6.04 Å². The predicted molar refractivity (Wildman–Crippen MR) is 157 cm³/mol. The van der Waals surface area contributed by atoms with Crippen molar-refractivity contribution in [3.05, 3.63) is 95.4 Å². The van der Waals surface area contributed by atoms with Crippen LogP contribution in [0, 0.1) is 6.92 Å². The van der Waals surface area contributed by atoms with E-state index in [0.717, 1.165) is 12.0 Å². The summed E-state index contributed by atoms with van der Waals surface area (Å²) in [6.45, 7) is 4.99. The number of amides is 3. The molecule has 0 aliphatic heterocycles. The third-order valence-electron chi connectivity index (χ3n) is 6.77. The average molecular weight is 555 g/mol. The van der Waals surface area contributed by atoms with Crippen LogP contribution in [-0.4, -0.2) is 40.6 Å². The van der Waals surface area contributed by atoms with E-state index in [1.807, 2.05) is 30.3 Å². The Bertz CT molecular complexity index is 1510. The number of rotatable bonds is 12. The number of Topliss-reactive ketones (excluding diaryl/α,β-unsaturated/α-hetero) is 1. The van der Waals surface area contributed by atoms with E-state index in [1.165, 1.54) is 6.92 Å². The van der Waals surface area contributed by atoms with Crippen LogP contribution in [0.2, 0.25) is 0 Å². The molecule has 4 rings (SSSR count). The van der Waals surface area contributed by atoms with Crippen molar-refractivity contribution in [2.75, 3.05) is 5.32 Å². The number of hydrogen-bond acceptors (Lipinski definition) is 6. The van der Waals surface area contributed by atoms with E-state index in [2.05, 4.69) is 20.9 Å². The van der Waals surface area contributed by atoms with E-state index in [9.17, 15) is 19.2 Å². The molecule has 9 nitrogen and oxygen atoms in total. The third-order valence-corrected chi connectivity index (χ3v) is 6.77. The summed E-state index contributed by atoms with van der Waals surface area (Å²) >= 11 is 0. The van der Waals surface area contributed by atoms with E-state index in [4.69, 9.17) is 4.42 Å². The maximum atomic E-state index is 13.5. The maximum absolute atomic E-state index is 13.5. The molecule has 3 aromatic carbocycles. The number of fused-ring (bicyclic) bond motifs is 1. The monoisotopic (exact) mass is 554 g/mol. The van der Waals surface area contributed by atoms with Crippen molar-refractivity contribution in [3.8, 4) is 0 Å². The molecule has 0 fully saturated rings. The van der Waals surface area contributed by atoms with Gasteiger partial charge in [-0.1, -0.05) is 49.4 Å². The molecule has 0 aliphatic carbocycles. The Hall–Kier alpha value is -4.79. The van der Waals surface area contributed by atoms with Crippen molar-refractivity contribution >= 4 is 40.3 Å². The molecule has 1 heterocycles. The summed E-state index contributed by atoms with van der Waals surface area (Å²) in [5.41, 5.74) is 3.85. The van der Waals surface area contributed by atoms with Gasteiger partial charge in [-0.15, -0.1) is 0 Å². The molecule has 0 saturated heterocycles. The maximum Gasteiger partial charge on any atom is 0.266 e. The third kappa shape index (κ3) is 7.66. The second-order valence-corrected chi connectivity index (χ2v) is 9.94. The van der Waals surface area contributed by atoms with E-state index in [-0.39, 0.29) is 11.8 Å². The number of anilines is 1. The van der Waals surface area contributed by atoms with Crippen molar-refractivity contribution in [1.82, 2.24) is 15.6 Å². The minimum atomic E-state index is -0.882. The largest absolute Gasteiger partial charge is 0.434 e. The first-order chi connectivity index (χ1) is 19.7. The van der Waals surface area contributed by atoms with Crippen LogP contribution in [0.4, 0.5) is 5.69 Å². The molecule has 0 unspecified atom stereocenters. The number of hydrogen-bond donors (Lipinski definition) is 3. The minimum absolute atomic E-state index is 0.0715. The number of ketones is 1. The Morgan fingerprint density at radius 2 is 1.63 bits per heavy atom. The molecule has 0 bridgehead atoms. The lowest BCUT2D eigenvalue weighted by Gasteiger charge is -2.22. The standard InChI is InChI=1S/C32H34N4O5/c1-4-24(29(38)32-36-26-14-8-9-16-28(26)41-32)34-31(40)27(15-10-13-22-11-6-5-7-12-22)35-30(39)23-17-18-25(20(2)19-23)33-21(3)37/h5-9,11-12,14,16-19,24,27H,4,10,13,15H2,1-3H3,(H,33,37)(H,34,40)(H,35,39)/t24-,27-/m0/s1. The second kappa shape index (κ2) is 13.5. The molecular weight excluding hydrogens is 520 g/mol. The predicted octanol–water partition coefficient (Wildman–Crippen LogP) is 4.99. The molecule has 3 N–H and O–H groups in total. The van der Waals surface area contributed by atoms with Gasteiger partial charge in [-0.3, -0.25) is 19.2 Å². The lowest BCUT2D eigenvalue weighted by atomic mass is 10.0. The van der Waals surface area contributed by atoms with Crippen molar-refractivity contribution in [2.45, 2.75) is 58.5 Å². The first-order valence-corrected chi connectivity index (χ1v) is 13.7. The van der Waals surface area contributed by atoms with Crippen LogP contribution in [0.1, 0.15) is 65.3 Å². The smallest absolute Gasteiger partial charge is 0.266 e. The number of para-hydroxylation sites is 2. The molecule has 0 spiro atoms. The fraction of sp³-hybridized carbons (Fsp3) is 0.281. The average Bonchev–Trinajstić information content (AvgIpc) is 3.40. The summed E-state index contributed by atoms with van der Waals surface area (Å²) in [6.07, 6.45) is 2.05. The summed E-state index contributed by atoms with van der Waals surface area (Å²) in [7, 11) is 0. The quantitative estimate of drug-likeness (QED) is 0.212. The second-order valence-electron chi connectivity index (χ2n) is 9.94. The van der Waals surface area contributed by atoms with Gasteiger partial charge in [0.1, 0.15) is 11.6 Å². The number of nitrogens with zero attached hydrogens (tertiary/aromatic N) is 1. The SMILES string of the molecule is CC[C@H](NC(=O)[C@H](CCCc1ccccc1)NC(=O)c1ccc(NC(C)=O)c(C)c1)C(=O)c1nc2ccccc2o1. The molecule has 1 aromatic heterocycles. The number of aryl methyl sites for hydroxylation is 2. The highest BCUT2D eigenvalue weighted by atomic mass is 16.4. The molecule has 212 valence electrons. The highest BCUT2D eigenvalue weighted by molar-refractivity contribution is 6.02. The van der Waals surface area contributed by atoms with Gasteiger partial charge in [-0.05, 0) is 74.1 Å². The number of carbonyl (C=O) groups excluding carboxylic acids is 4. The molecule has 2 atom stereocenters. The Kier molecular flexibility index (Phi) is 9.63. The van der Waals surface area contributed by atoms with Gasteiger partial charge in [0.2, 0.25) is 17.6 Å². The first-order valence-electron chi connectivity index (χ1n) is 13.7. The summed E-state index contributed by atoms with van der Waals surface area (Å²) in [5, 5.41) is 8.38. The topological polar surface area (TPSA) is 130 Å². The van der Waals surface area contributed by atoms with Crippen molar-refractivity contribution in [3.63, 3.8) is 0 Å². The lowest BCUT2D eigenvalue weighted by molar-refractivity contribution is -0.123. The van der Waals surface area contributed by atoms with Crippen LogP contribution in [0.3, 0.4) is 0 Å². The number of nitrogens with one attached hydrogen (secondary N) is 3. The zero-order chi connectivity index (χ0) is 29.4. The number of aromatic nitrogens is 1. The van der Waals surface area contributed by atoms with Gasteiger partial charge in [-0.25, -0.2) is 4.98 Å². The minimum Gasteiger partial charge on any atom is -0.434 e. The van der Waals surface area contributed by atoms with Gasteiger partial charge in [0.15, 0.2) is 5.58 Å². The van der Waals surface area contributed by atoms with Gasteiger partial charge in [-0.2, -0.15) is 0 Å². The van der Waals surface area contributed by atoms with Crippen LogP contribution in [0.15, 0.2) is 77.2 Å². The van der Waals surface area contributed by atoms with Gasteiger partial charge in [0.25, 0.3) is 11.8 Å². The number of benzene rings is 3. The Labute approximate surface area is 238 Å². The highest BCUT2D eigenvalue weighted by Crippen LogP contribution is 2.18. The van der Waals surface area contributed by atoms with E-state index in [1.54, 1.807) is 56.3 Å². The van der Waals surface area contributed by atoms with Crippen molar-refractivity contribution in [1.29, 1.82) is 0 Å². The molecular formula is C32H34N4O5. The zero-order valence-corrected chi connectivity index (χ0v) is 23.4. The molecule has 3 amide bonds. The summed E-state index contributed by atoms with van der Waals surface area (Å²) < 4.78 is 5.63. The Morgan fingerprint density at radius 3 is 2.32 bits per heavy atom. The van der Waals surface area contributed by atoms with E-state index >= 15 is 0 Å².